The lowest BCUT2D eigenvalue weighted by atomic mass is 10.4. The van der Waals surface area contributed by atoms with Gasteiger partial charge < -0.3 is 4.74 Å². The summed E-state index contributed by atoms with van der Waals surface area (Å²) in [6.07, 6.45) is 0. The van der Waals surface area contributed by atoms with Gasteiger partial charge in [-0.3, -0.25) is 0 Å². The van der Waals surface area contributed by atoms with Crippen molar-refractivity contribution in [1.82, 2.24) is 9.97 Å². The number of aromatic nitrogens is 2. The first-order valence-electron chi connectivity index (χ1n) is 3.99. The first kappa shape index (κ1) is 9.43. The molecule has 0 spiro atoms. The number of hydrogen-bond donors (Lipinski definition) is 0. The molecular weight excluding hydrogens is 252 g/mol. The van der Waals surface area contributed by atoms with Gasteiger partial charge in [-0.2, -0.15) is 0 Å². The quantitative estimate of drug-likeness (QED) is 0.763. The highest BCUT2D eigenvalue weighted by atomic mass is 79.9. The highest BCUT2D eigenvalue weighted by Crippen LogP contribution is 2.27. The summed E-state index contributed by atoms with van der Waals surface area (Å²) < 4.78 is 5.94. The second-order valence-corrected chi connectivity index (χ2v) is 4.99. The predicted molar refractivity (Wildman–Crippen MR) is 54.9 cm³/mol. The summed E-state index contributed by atoms with van der Waals surface area (Å²) in [5, 5.41) is 1.59. The maximum Gasteiger partial charge on any atom is 0.127 e. The highest BCUT2D eigenvalue weighted by molar-refractivity contribution is 9.10. The van der Waals surface area contributed by atoms with Crippen LogP contribution in [0.4, 0.5) is 0 Å². The van der Waals surface area contributed by atoms with Gasteiger partial charge in [0.1, 0.15) is 15.5 Å². The zero-order valence-electron chi connectivity index (χ0n) is 7.16. The Labute approximate surface area is 89.4 Å². The fraction of sp³-hybridized carbons (Fsp3) is 0.500. The van der Waals surface area contributed by atoms with Gasteiger partial charge >= 0.3 is 0 Å². The molecule has 1 aromatic heterocycles. The summed E-state index contributed by atoms with van der Waals surface area (Å²) in [5.74, 6) is 0.803. The van der Waals surface area contributed by atoms with Crippen molar-refractivity contribution in [3.63, 3.8) is 0 Å². The summed E-state index contributed by atoms with van der Waals surface area (Å²) in [4.78, 5) is 8.47. The van der Waals surface area contributed by atoms with E-state index in [9.17, 15) is 0 Å². The third kappa shape index (κ3) is 2.42. The van der Waals surface area contributed by atoms with Gasteiger partial charge in [0.25, 0.3) is 0 Å². The van der Waals surface area contributed by atoms with E-state index < -0.39 is 0 Å². The molecule has 70 valence electrons. The molecule has 1 saturated heterocycles. The Morgan fingerprint density at radius 3 is 2.85 bits per heavy atom. The van der Waals surface area contributed by atoms with E-state index in [4.69, 9.17) is 4.74 Å². The SMILES string of the molecule is Cc1nc(Br)cc(SC2COC2)n1. The summed E-state index contributed by atoms with van der Waals surface area (Å²) in [7, 11) is 0. The Hall–Kier alpha value is -0.130. The third-order valence-corrected chi connectivity index (χ3v) is 3.14. The Morgan fingerprint density at radius 1 is 1.54 bits per heavy atom. The van der Waals surface area contributed by atoms with Gasteiger partial charge in [0.2, 0.25) is 0 Å². The largest absolute Gasteiger partial charge is 0.379 e. The average molecular weight is 261 g/mol. The molecule has 0 aliphatic carbocycles. The summed E-state index contributed by atoms with van der Waals surface area (Å²) >= 11 is 5.10. The minimum absolute atomic E-state index is 0.571. The molecule has 0 atom stereocenters. The Kier molecular flexibility index (Phi) is 2.86. The molecular formula is C8H9BrN2OS. The molecule has 1 fully saturated rings. The van der Waals surface area contributed by atoms with Crippen LogP contribution >= 0.6 is 27.7 Å². The lowest BCUT2D eigenvalue weighted by Gasteiger charge is -2.24. The number of rotatable bonds is 2. The van der Waals surface area contributed by atoms with Crippen LogP contribution in [0.15, 0.2) is 15.7 Å². The molecule has 13 heavy (non-hydrogen) atoms. The van der Waals surface area contributed by atoms with E-state index >= 15 is 0 Å². The van der Waals surface area contributed by atoms with Crippen LogP contribution in [0.1, 0.15) is 5.82 Å². The van der Waals surface area contributed by atoms with Crippen LogP contribution < -0.4 is 0 Å². The number of aryl methyl sites for hydroxylation is 1. The van der Waals surface area contributed by atoms with Gasteiger partial charge in [-0.15, -0.1) is 0 Å². The van der Waals surface area contributed by atoms with Gasteiger partial charge in [0.15, 0.2) is 0 Å². The van der Waals surface area contributed by atoms with Crippen LogP contribution in [-0.4, -0.2) is 28.4 Å². The number of hydrogen-bond acceptors (Lipinski definition) is 4. The van der Waals surface area contributed by atoms with Crippen LogP contribution in [0.25, 0.3) is 0 Å². The molecule has 1 aliphatic heterocycles. The van der Waals surface area contributed by atoms with Crippen molar-refractivity contribution in [3.05, 3.63) is 16.5 Å². The van der Waals surface area contributed by atoms with Gasteiger partial charge in [-0.25, -0.2) is 9.97 Å². The van der Waals surface area contributed by atoms with Crippen molar-refractivity contribution in [2.45, 2.75) is 17.2 Å². The molecule has 0 saturated carbocycles. The third-order valence-electron chi connectivity index (χ3n) is 1.68. The second kappa shape index (κ2) is 3.94. The Bertz CT molecular complexity index is 297. The maximum absolute atomic E-state index is 5.09. The predicted octanol–water partition coefficient (Wildman–Crippen LogP) is 2.04. The number of nitrogens with zero attached hydrogens (tertiary/aromatic N) is 2. The van der Waals surface area contributed by atoms with Crippen LogP contribution in [0.3, 0.4) is 0 Å². The standard InChI is InChI=1S/C8H9BrN2OS/c1-5-10-7(9)2-8(11-5)13-6-3-12-4-6/h2,6H,3-4H2,1H3. The molecule has 1 aliphatic rings. The molecule has 0 unspecified atom stereocenters. The highest BCUT2D eigenvalue weighted by Gasteiger charge is 2.20. The van der Waals surface area contributed by atoms with Gasteiger partial charge in [-0.05, 0) is 22.9 Å². The van der Waals surface area contributed by atoms with E-state index in [1.165, 1.54) is 0 Å². The van der Waals surface area contributed by atoms with Crippen LogP contribution in [0.5, 0.6) is 0 Å². The Balaban J connectivity index is 2.10. The zero-order chi connectivity index (χ0) is 9.26. The molecule has 0 N–H and O–H groups in total. The van der Waals surface area contributed by atoms with E-state index in [1.54, 1.807) is 11.8 Å². The topological polar surface area (TPSA) is 35.0 Å². The molecule has 0 radical (unpaired) electrons. The van der Waals surface area contributed by atoms with Crippen molar-refractivity contribution in [2.24, 2.45) is 0 Å². The van der Waals surface area contributed by atoms with E-state index in [0.717, 1.165) is 28.7 Å². The minimum atomic E-state index is 0.571. The van der Waals surface area contributed by atoms with Crippen molar-refractivity contribution < 1.29 is 4.74 Å². The molecule has 2 rings (SSSR count). The minimum Gasteiger partial charge on any atom is -0.379 e. The lowest BCUT2D eigenvalue weighted by molar-refractivity contribution is 0.0454. The van der Waals surface area contributed by atoms with Crippen LogP contribution in [0, 0.1) is 6.92 Å². The van der Waals surface area contributed by atoms with Crippen molar-refractivity contribution >= 4 is 27.7 Å². The summed E-state index contributed by atoms with van der Waals surface area (Å²) in [6, 6.07) is 1.94. The normalized spacial score (nSPS) is 17.1. The fourth-order valence-corrected chi connectivity index (χ4v) is 2.68. The number of thioether (sulfide) groups is 1. The molecule has 0 aromatic carbocycles. The summed E-state index contributed by atoms with van der Waals surface area (Å²) in [5.41, 5.74) is 0. The first-order valence-corrected chi connectivity index (χ1v) is 5.67. The molecule has 1 aromatic rings. The van der Waals surface area contributed by atoms with Crippen molar-refractivity contribution in [2.75, 3.05) is 13.2 Å². The fourth-order valence-electron chi connectivity index (χ4n) is 1.02. The number of halogens is 1. The molecule has 0 amide bonds. The molecule has 0 bridgehead atoms. The first-order chi connectivity index (χ1) is 6.24. The molecule has 3 nitrogen and oxygen atoms in total. The summed E-state index contributed by atoms with van der Waals surface area (Å²) in [6.45, 7) is 3.57. The monoisotopic (exact) mass is 260 g/mol. The van der Waals surface area contributed by atoms with E-state index in [1.807, 2.05) is 13.0 Å². The van der Waals surface area contributed by atoms with E-state index in [2.05, 4.69) is 25.9 Å². The van der Waals surface area contributed by atoms with Gasteiger partial charge in [-0.1, -0.05) is 11.8 Å². The van der Waals surface area contributed by atoms with Gasteiger partial charge in [0.05, 0.1) is 18.5 Å². The average Bonchev–Trinajstić information content (AvgIpc) is 1.95. The smallest absolute Gasteiger partial charge is 0.127 e. The van der Waals surface area contributed by atoms with E-state index in [0.29, 0.717) is 5.25 Å². The van der Waals surface area contributed by atoms with Crippen molar-refractivity contribution in [3.8, 4) is 0 Å². The zero-order valence-corrected chi connectivity index (χ0v) is 9.56. The van der Waals surface area contributed by atoms with Crippen LogP contribution in [0.2, 0.25) is 0 Å². The molecule has 2 heterocycles. The van der Waals surface area contributed by atoms with Crippen LogP contribution in [-0.2, 0) is 4.74 Å². The Morgan fingerprint density at radius 2 is 2.31 bits per heavy atom. The second-order valence-electron chi connectivity index (χ2n) is 2.85. The molecule has 5 heteroatoms. The number of ether oxygens (including phenoxy) is 1. The maximum atomic E-state index is 5.09. The lowest BCUT2D eigenvalue weighted by Crippen LogP contribution is -2.30. The van der Waals surface area contributed by atoms with Crippen molar-refractivity contribution in [1.29, 1.82) is 0 Å². The van der Waals surface area contributed by atoms with Gasteiger partial charge in [0, 0.05) is 6.07 Å². The van der Waals surface area contributed by atoms with E-state index in [-0.39, 0.29) is 0 Å².